The topological polar surface area (TPSA) is 78.4 Å². The van der Waals surface area contributed by atoms with Crippen LogP contribution in [0.3, 0.4) is 0 Å². The van der Waals surface area contributed by atoms with E-state index in [1.807, 2.05) is 32.0 Å². The van der Waals surface area contributed by atoms with Gasteiger partial charge in [-0.25, -0.2) is 9.59 Å². The molecule has 0 bridgehead atoms. The van der Waals surface area contributed by atoms with Gasteiger partial charge in [0.1, 0.15) is 6.04 Å². The third-order valence-corrected chi connectivity index (χ3v) is 3.10. The van der Waals surface area contributed by atoms with Gasteiger partial charge in [-0.15, -0.1) is 0 Å². The van der Waals surface area contributed by atoms with Crippen LogP contribution in [-0.2, 0) is 11.2 Å². The van der Waals surface area contributed by atoms with E-state index >= 15 is 0 Å². The van der Waals surface area contributed by atoms with Crippen molar-refractivity contribution in [1.82, 2.24) is 5.32 Å². The Balaban J connectivity index is 2.63. The molecule has 1 rings (SSSR count). The number of aliphatic carboxylic acids is 1. The summed E-state index contributed by atoms with van der Waals surface area (Å²) in [5, 5.41) is 14.3. The minimum Gasteiger partial charge on any atom is -0.480 e. The van der Waals surface area contributed by atoms with Crippen molar-refractivity contribution in [2.24, 2.45) is 0 Å². The summed E-state index contributed by atoms with van der Waals surface area (Å²) in [5.74, 6) is -1.00. The summed E-state index contributed by atoms with van der Waals surface area (Å²) >= 11 is 0. The zero-order chi connectivity index (χ0) is 15.0. The molecule has 1 atom stereocenters. The molecule has 0 aliphatic heterocycles. The molecule has 1 aromatic rings. The molecule has 0 aliphatic rings. The number of carbonyl (C=O) groups excluding carboxylic acids is 1. The number of para-hydroxylation sites is 1. The Hall–Kier alpha value is -2.04. The summed E-state index contributed by atoms with van der Waals surface area (Å²) in [5.41, 5.74) is 1.73. The van der Waals surface area contributed by atoms with E-state index in [1.54, 1.807) is 6.07 Å². The Morgan fingerprint density at radius 3 is 2.55 bits per heavy atom. The number of carboxylic acids is 1. The Bertz CT molecular complexity index is 460. The van der Waals surface area contributed by atoms with E-state index in [2.05, 4.69) is 10.6 Å². The molecule has 110 valence electrons. The van der Waals surface area contributed by atoms with E-state index in [-0.39, 0.29) is 0 Å². The fourth-order valence-electron chi connectivity index (χ4n) is 1.93. The van der Waals surface area contributed by atoms with E-state index in [9.17, 15) is 9.59 Å². The molecule has 0 heterocycles. The fourth-order valence-corrected chi connectivity index (χ4v) is 1.93. The van der Waals surface area contributed by atoms with Gasteiger partial charge in [0.2, 0.25) is 0 Å². The second kappa shape index (κ2) is 8.19. The van der Waals surface area contributed by atoms with Crippen molar-refractivity contribution < 1.29 is 14.7 Å². The van der Waals surface area contributed by atoms with E-state index in [0.29, 0.717) is 12.1 Å². The smallest absolute Gasteiger partial charge is 0.326 e. The van der Waals surface area contributed by atoms with Crippen molar-refractivity contribution in [3.05, 3.63) is 29.8 Å². The molecule has 1 aromatic carbocycles. The molecule has 0 radical (unpaired) electrons. The van der Waals surface area contributed by atoms with Crippen LogP contribution in [0.1, 0.15) is 38.7 Å². The summed E-state index contributed by atoms with van der Waals surface area (Å²) in [4.78, 5) is 22.9. The lowest BCUT2D eigenvalue weighted by molar-refractivity contribution is -0.139. The molecule has 20 heavy (non-hydrogen) atoms. The predicted octanol–water partition coefficient (Wildman–Crippen LogP) is 3.01. The van der Waals surface area contributed by atoms with E-state index in [0.717, 1.165) is 24.8 Å². The highest BCUT2D eigenvalue weighted by atomic mass is 16.4. The number of amides is 2. The van der Waals surface area contributed by atoms with E-state index < -0.39 is 18.0 Å². The zero-order valence-electron chi connectivity index (χ0n) is 12.0. The van der Waals surface area contributed by atoms with Crippen LogP contribution in [0.2, 0.25) is 0 Å². The number of carbonyl (C=O) groups is 2. The molecule has 0 saturated carbocycles. The molecule has 2 amide bonds. The van der Waals surface area contributed by atoms with Gasteiger partial charge in [-0.2, -0.15) is 0 Å². The lowest BCUT2D eigenvalue weighted by atomic mass is 10.1. The first-order valence-corrected chi connectivity index (χ1v) is 6.96. The Kier molecular flexibility index (Phi) is 6.56. The van der Waals surface area contributed by atoms with Crippen LogP contribution in [0.4, 0.5) is 10.5 Å². The number of urea groups is 1. The van der Waals surface area contributed by atoms with Gasteiger partial charge in [0.25, 0.3) is 0 Å². The molecular formula is C15H22N2O3. The van der Waals surface area contributed by atoms with Gasteiger partial charge in [0.15, 0.2) is 0 Å². The molecule has 0 fully saturated rings. The van der Waals surface area contributed by atoms with Gasteiger partial charge in [-0.05, 0) is 24.5 Å². The molecule has 5 nitrogen and oxygen atoms in total. The molecule has 0 saturated heterocycles. The second-order valence-electron chi connectivity index (χ2n) is 4.64. The lowest BCUT2D eigenvalue weighted by Gasteiger charge is -2.16. The van der Waals surface area contributed by atoms with Crippen molar-refractivity contribution in [2.75, 3.05) is 5.32 Å². The maximum Gasteiger partial charge on any atom is 0.326 e. The van der Waals surface area contributed by atoms with Crippen molar-refractivity contribution >= 4 is 17.7 Å². The molecule has 0 aromatic heterocycles. The first kappa shape index (κ1) is 16.0. The first-order valence-electron chi connectivity index (χ1n) is 6.96. The van der Waals surface area contributed by atoms with E-state index in [1.165, 1.54) is 0 Å². The van der Waals surface area contributed by atoms with Crippen LogP contribution in [0.5, 0.6) is 0 Å². The van der Waals surface area contributed by atoms with Crippen LogP contribution < -0.4 is 10.6 Å². The average Bonchev–Trinajstić information content (AvgIpc) is 2.43. The Labute approximate surface area is 119 Å². The number of benzene rings is 1. The van der Waals surface area contributed by atoms with Gasteiger partial charge in [-0.3, -0.25) is 0 Å². The largest absolute Gasteiger partial charge is 0.480 e. The highest BCUT2D eigenvalue weighted by molar-refractivity contribution is 5.92. The average molecular weight is 278 g/mol. The summed E-state index contributed by atoms with van der Waals surface area (Å²) in [6.45, 7) is 3.98. The summed E-state index contributed by atoms with van der Waals surface area (Å²) < 4.78 is 0. The van der Waals surface area contributed by atoms with Gasteiger partial charge >= 0.3 is 12.0 Å². The van der Waals surface area contributed by atoms with E-state index in [4.69, 9.17) is 5.11 Å². The van der Waals surface area contributed by atoms with Gasteiger partial charge in [0.05, 0.1) is 0 Å². The number of aryl methyl sites for hydroxylation is 1. The number of nitrogens with one attached hydrogen (secondary N) is 2. The first-order chi connectivity index (χ1) is 9.58. The molecule has 3 N–H and O–H groups in total. The van der Waals surface area contributed by atoms with Gasteiger partial charge in [-0.1, -0.05) is 44.9 Å². The summed E-state index contributed by atoms with van der Waals surface area (Å²) in [6.07, 6.45) is 2.90. The van der Waals surface area contributed by atoms with Crippen LogP contribution in [0.25, 0.3) is 0 Å². The maximum atomic E-state index is 11.9. The van der Waals surface area contributed by atoms with Crippen LogP contribution in [0, 0.1) is 0 Å². The molecule has 0 spiro atoms. The third-order valence-electron chi connectivity index (χ3n) is 3.10. The SMILES string of the molecule is CCCCC(NC(=O)Nc1ccccc1CC)C(=O)O. The predicted molar refractivity (Wildman–Crippen MR) is 78.9 cm³/mol. The number of anilines is 1. The van der Waals surface area contributed by atoms with Gasteiger partial charge < -0.3 is 15.7 Å². The minimum absolute atomic E-state index is 0.439. The van der Waals surface area contributed by atoms with Crippen molar-refractivity contribution in [3.63, 3.8) is 0 Å². The zero-order valence-corrected chi connectivity index (χ0v) is 12.0. The molecular weight excluding hydrogens is 256 g/mol. The van der Waals surface area contributed by atoms with Crippen LogP contribution >= 0.6 is 0 Å². The van der Waals surface area contributed by atoms with Crippen molar-refractivity contribution in [2.45, 2.75) is 45.6 Å². The molecule has 5 heteroatoms. The third kappa shape index (κ3) is 4.91. The van der Waals surface area contributed by atoms with Crippen molar-refractivity contribution in [3.8, 4) is 0 Å². The monoisotopic (exact) mass is 278 g/mol. The van der Waals surface area contributed by atoms with Crippen molar-refractivity contribution in [1.29, 1.82) is 0 Å². The number of carboxylic acid groups (broad SMARTS) is 1. The molecule has 1 unspecified atom stereocenters. The quantitative estimate of drug-likeness (QED) is 0.717. The second-order valence-corrected chi connectivity index (χ2v) is 4.64. The summed E-state index contributed by atoms with van der Waals surface area (Å²) in [6, 6.07) is 6.16. The Morgan fingerprint density at radius 2 is 1.95 bits per heavy atom. The fraction of sp³-hybridized carbons (Fsp3) is 0.467. The highest BCUT2D eigenvalue weighted by Crippen LogP contribution is 2.15. The van der Waals surface area contributed by atoms with Crippen LogP contribution in [0.15, 0.2) is 24.3 Å². The normalized spacial score (nSPS) is 11.7. The lowest BCUT2D eigenvalue weighted by Crippen LogP contribution is -2.43. The molecule has 0 aliphatic carbocycles. The standard InChI is InChI=1S/C15H22N2O3/c1-3-5-9-13(14(18)19)17-15(20)16-12-10-7-6-8-11(12)4-2/h6-8,10,13H,3-5,9H2,1-2H3,(H,18,19)(H2,16,17,20). The Morgan fingerprint density at radius 1 is 1.25 bits per heavy atom. The minimum atomic E-state index is -1.00. The number of rotatable bonds is 7. The number of unbranched alkanes of at least 4 members (excludes halogenated alkanes) is 1. The summed E-state index contributed by atoms with van der Waals surface area (Å²) in [7, 11) is 0. The number of hydrogen-bond donors (Lipinski definition) is 3. The maximum absolute atomic E-state index is 11.9. The highest BCUT2D eigenvalue weighted by Gasteiger charge is 2.19. The number of hydrogen-bond acceptors (Lipinski definition) is 2. The van der Waals surface area contributed by atoms with Gasteiger partial charge in [0, 0.05) is 5.69 Å². The van der Waals surface area contributed by atoms with Crippen LogP contribution in [-0.4, -0.2) is 23.1 Å².